The zero-order valence-electron chi connectivity index (χ0n) is 9.54. The Balaban J connectivity index is 0.00000324. The molecule has 0 fully saturated rings. The topological polar surface area (TPSA) is 107 Å². The first-order valence-corrected chi connectivity index (χ1v) is 6.03. The number of hydrogen-bond donors (Lipinski definition) is 1. The van der Waals surface area contributed by atoms with E-state index in [4.69, 9.17) is 4.55 Å². The van der Waals surface area contributed by atoms with Crippen LogP contribution in [-0.4, -0.2) is 90.5 Å². The van der Waals surface area contributed by atoms with Crippen LogP contribution in [0.5, 0.6) is 0 Å². The zero-order chi connectivity index (χ0) is 13.9. The van der Waals surface area contributed by atoms with Crippen LogP contribution < -0.4 is 0 Å². The molecule has 0 saturated carbocycles. The molecule has 0 atom stereocenters. The molecule has 0 aliphatic heterocycles. The monoisotopic (exact) mass is 314 g/mol. The third-order valence-electron chi connectivity index (χ3n) is 2.05. The predicted molar refractivity (Wildman–Crippen MR) is 66.1 cm³/mol. The molecule has 0 radical (unpaired) electrons. The van der Waals surface area contributed by atoms with Crippen LogP contribution in [0.2, 0.25) is 0 Å². The molecule has 0 aliphatic carbocycles. The summed E-state index contributed by atoms with van der Waals surface area (Å²) in [6.45, 7) is 0. The van der Waals surface area contributed by atoms with Crippen molar-refractivity contribution in [3.63, 3.8) is 0 Å². The van der Waals surface area contributed by atoms with E-state index in [2.05, 4.69) is 9.47 Å². The summed E-state index contributed by atoms with van der Waals surface area (Å²) in [5.74, 6) is -1.68. The number of esters is 2. The third-order valence-corrected chi connectivity index (χ3v) is 2.88. The Morgan fingerprint density at radius 2 is 1.37 bits per heavy atom. The molecule has 0 aliphatic rings. The normalized spacial score (nSPS) is 10.3. The first-order valence-electron chi connectivity index (χ1n) is 4.59. The summed E-state index contributed by atoms with van der Waals surface area (Å²) in [5, 5.41) is 0. The standard InChI is InChI=1S/C10H10O7S.K.H/c1-16-9(11)6-3-7(10(12)17-2)5-8(4-6)18(13,14)15;;/h3-5H,1-2H3,(H,13,14,15);;. The van der Waals surface area contributed by atoms with Crippen molar-refractivity contribution < 1.29 is 32.0 Å². The third kappa shape index (κ3) is 4.95. The molecule has 19 heavy (non-hydrogen) atoms. The van der Waals surface area contributed by atoms with Gasteiger partial charge in [0.2, 0.25) is 0 Å². The Hall–Kier alpha value is -0.294. The van der Waals surface area contributed by atoms with Gasteiger partial charge < -0.3 is 9.47 Å². The van der Waals surface area contributed by atoms with Crippen molar-refractivity contribution in [1.29, 1.82) is 0 Å². The zero-order valence-corrected chi connectivity index (χ0v) is 10.4. The first-order chi connectivity index (χ1) is 8.29. The SMILES string of the molecule is COC(=O)c1cc(C(=O)OC)cc(S(=O)(=O)O)c1.[KH]. The Labute approximate surface area is 152 Å². The van der Waals surface area contributed by atoms with E-state index < -0.39 is 27.0 Å². The Morgan fingerprint density at radius 1 is 1.00 bits per heavy atom. The first kappa shape index (κ1) is 18.7. The van der Waals surface area contributed by atoms with E-state index in [1.54, 1.807) is 0 Å². The van der Waals surface area contributed by atoms with Crippen LogP contribution in [-0.2, 0) is 19.6 Å². The van der Waals surface area contributed by atoms with E-state index in [0.29, 0.717) is 0 Å². The van der Waals surface area contributed by atoms with E-state index in [1.165, 1.54) is 0 Å². The van der Waals surface area contributed by atoms with E-state index in [1.807, 2.05) is 0 Å². The summed E-state index contributed by atoms with van der Waals surface area (Å²) in [7, 11) is -2.35. The quantitative estimate of drug-likeness (QED) is 0.470. The summed E-state index contributed by atoms with van der Waals surface area (Å²) in [5.41, 5.74) is -0.374. The minimum absolute atomic E-state index is 0. The van der Waals surface area contributed by atoms with E-state index in [0.717, 1.165) is 32.4 Å². The molecule has 1 N–H and O–H groups in total. The van der Waals surface area contributed by atoms with Gasteiger partial charge in [0, 0.05) is 0 Å². The van der Waals surface area contributed by atoms with Gasteiger partial charge in [-0.2, -0.15) is 8.42 Å². The number of benzene rings is 1. The molecule has 9 heteroatoms. The van der Waals surface area contributed by atoms with Gasteiger partial charge >= 0.3 is 63.3 Å². The van der Waals surface area contributed by atoms with Crippen LogP contribution in [0.3, 0.4) is 0 Å². The molecule has 0 saturated heterocycles. The number of carbonyl (C=O) groups is 2. The Bertz CT molecular complexity index is 560. The van der Waals surface area contributed by atoms with Crippen molar-refractivity contribution in [1.82, 2.24) is 0 Å². The summed E-state index contributed by atoms with van der Waals surface area (Å²) in [6.07, 6.45) is 0. The summed E-state index contributed by atoms with van der Waals surface area (Å²) >= 11 is 0. The van der Waals surface area contributed by atoms with E-state index in [9.17, 15) is 18.0 Å². The summed E-state index contributed by atoms with van der Waals surface area (Å²) in [4.78, 5) is 22.0. The van der Waals surface area contributed by atoms with Crippen LogP contribution in [0.15, 0.2) is 23.1 Å². The van der Waals surface area contributed by atoms with Crippen LogP contribution in [0.1, 0.15) is 20.7 Å². The van der Waals surface area contributed by atoms with Gasteiger partial charge in [0.1, 0.15) is 0 Å². The molecule has 0 heterocycles. The molecule has 7 nitrogen and oxygen atoms in total. The van der Waals surface area contributed by atoms with Gasteiger partial charge in [-0.3, -0.25) is 4.55 Å². The van der Waals surface area contributed by atoms with Gasteiger partial charge in [0.25, 0.3) is 10.1 Å². The number of hydrogen-bond acceptors (Lipinski definition) is 6. The molecular formula is C10H11KO7S. The van der Waals surface area contributed by atoms with Crippen molar-refractivity contribution in [2.75, 3.05) is 14.2 Å². The second-order valence-corrected chi connectivity index (χ2v) is 4.63. The molecular weight excluding hydrogens is 303 g/mol. The maximum atomic E-state index is 11.3. The van der Waals surface area contributed by atoms with Gasteiger partial charge in [-0.1, -0.05) is 0 Å². The van der Waals surface area contributed by atoms with Crippen LogP contribution in [0.25, 0.3) is 0 Å². The van der Waals surface area contributed by atoms with Gasteiger partial charge in [-0.05, 0) is 18.2 Å². The van der Waals surface area contributed by atoms with Crippen molar-refractivity contribution in [2.45, 2.75) is 4.90 Å². The summed E-state index contributed by atoms with van der Waals surface area (Å²) < 4.78 is 39.7. The molecule has 1 aromatic rings. The fourth-order valence-corrected chi connectivity index (χ4v) is 1.77. The second kappa shape index (κ2) is 7.48. The van der Waals surface area contributed by atoms with Crippen molar-refractivity contribution in [2.24, 2.45) is 0 Å². The Kier molecular flexibility index (Phi) is 7.36. The molecule has 0 aromatic heterocycles. The van der Waals surface area contributed by atoms with Crippen molar-refractivity contribution in [3.8, 4) is 0 Å². The average molecular weight is 314 g/mol. The van der Waals surface area contributed by atoms with E-state index >= 15 is 0 Å². The van der Waals surface area contributed by atoms with Gasteiger partial charge in [0.05, 0.1) is 30.2 Å². The predicted octanol–water partition coefficient (Wildman–Crippen LogP) is -0.142. The number of methoxy groups -OCH3 is 2. The van der Waals surface area contributed by atoms with Gasteiger partial charge in [-0.15, -0.1) is 0 Å². The molecule has 0 amide bonds. The number of rotatable bonds is 3. The van der Waals surface area contributed by atoms with Gasteiger partial charge in [0.15, 0.2) is 0 Å². The fraction of sp³-hybridized carbons (Fsp3) is 0.200. The number of carbonyl (C=O) groups excluding carboxylic acids is 2. The van der Waals surface area contributed by atoms with Gasteiger partial charge in [-0.25, -0.2) is 9.59 Å². The molecule has 100 valence electrons. The van der Waals surface area contributed by atoms with E-state index in [-0.39, 0.29) is 62.5 Å². The minimum atomic E-state index is -4.55. The second-order valence-electron chi connectivity index (χ2n) is 3.20. The summed E-state index contributed by atoms with van der Waals surface area (Å²) in [6, 6.07) is 2.90. The van der Waals surface area contributed by atoms with Crippen LogP contribution in [0, 0.1) is 0 Å². The van der Waals surface area contributed by atoms with Crippen LogP contribution in [0.4, 0.5) is 0 Å². The van der Waals surface area contributed by atoms with Crippen LogP contribution >= 0.6 is 0 Å². The molecule has 1 aromatic carbocycles. The molecule has 0 spiro atoms. The maximum absolute atomic E-state index is 11.3. The van der Waals surface area contributed by atoms with Crippen molar-refractivity contribution >= 4 is 73.4 Å². The molecule has 0 unspecified atom stereocenters. The fourth-order valence-electron chi connectivity index (χ4n) is 1.22. The molecule has 0 bridgehead atoms. The number of ether oxygens (including phenoxy) is 2. The van der Waals surface area contributed by atoms with Crippen molar-refractivity contribution in [3.05, 3.63) is 29.3 Å². The molecule has 1 rings (SSSR count). The average Bonchev–Trinajstić information content (AvgIpc) is 2.35. The Morgan fingerprint density at radius 3 is 1.63 bits per heavy atom.